The van der Waals surface area contributed by atoms with E-state index in [0.717, 1.165) is 0 Å². The molecule has 2 N–H and O–H groups in total. The molecule has 0 aliphatic carbocycles. The van der Waals surface area contributed by atoms with Crippen molar-refractivity contribution >= 4 is 11.7 Å². The van der Waals surface area contributed by atoms with Gasteiger partial charge < -0.3 is 10.4 Å². The highest BCUT2D eigenvalue weighted by Gasteiger charge is 2.05. The molecule has 2 aromatic rings. The van der Waals surface area contributed by atoms with Crippen LogP contribution in [-0.2, 0) is 6.54 Å². The Morgan fingerprint density at radius 1 is 1.22 bits per heavy atom. The van der Waals surface area contributed by atoms with Gasteiger partial charge >= 0.3 is 5.97 Å². The molecular weight excluding hydrogens is 235 g/mol. The molecule has 0 aliphatic rings. The van der Waals surface area contributed by atoms with E-state index in [1.807, 2.05) is 0 Å². The van der Waals surface area contributed by atoms with Crippen LogP contribution in [0.5, 0.6) is 0 Å². The molecule has 4 nitrogen and oxygen atoms in total. The molecule has 0 atom stereocenters. The first kappa shape index (κ1) is 12.0. The van der Waals surface area contributed by atoms with Gasteiger partial charge in [0.2, 0.25) is 0 Å². The Balaban J connectivity index is 2.09. The summed E-state index contributed by atoms with van der Waals surface area (Å²) < 4.78 is 13.3. The SMILES string of the molecule is O=C(O)c1cccc(CNc2ccccc2F)n1. The number of carboxylic acids is 1. The van der Waals surface area contributed by atoms with Crippen LogP contribution in [0, 0.1) is 5.82 Å². The standard InChI is InChI=1S/C13H11FN2O2/c14-10-5-1-2-6-11(10)15-8-9-4-3-7-12(16-9)13(17)18/h1-7,15H,8H2,(H,17,18). The minimum absolute atomic E-state index is 0.0252. The van der Waals surface area contributed by atoms with Crippen LogP contribution in [0.25, 0.3) is 0 Å². The Morgan fingerprint density at radius 3 is 2.72 bits per heavy atom. The summed E-state index contributed by atoms with van der Waals surface area (Å²) in [4.78, 5) is 14.7. The van der Waals surface area contributed by atoms with Crippen molar-refractivity contribution in [1.82, 2.24) is 4.98 Å². The zero-order valence-electron chi connectivity index (χ0n) is 9.43. The molecule has 1 heterocycles. The zero-order valence-corrected chi connectivity index (χ0v) is 9.43. The number of anilines is 1. The number of aromatic nitrogens is 1. The number of nitrogens with one attached hydrogen (secondary N) is 1. The van der Waals surface area contributed by atoms with Crippen LogP contribution in [0.1, 0.15) is 16.2 Å². The second-order valence-corrected chi connectivity index (χ2v) is 3.65. The van der Waals surface area contributed by atoms with E-state index in [4.69, 9.17) is 5.11 Å². The summed E-state index contributed by atoms with van der Waals surface area (Å²) in [7, 11) is 0. The number of benzene rings is 1. The second-order valence-electron chi connectivity index (χ2n) is 3.65. The maximum absolute atomic E-state index is 13.3. The Kier molecular flexibility index (Phi) is 3.52. The molecule has 0 aliphatic heterocycles. The largest absolute Gasteiger partial charge is 0.477 e. The molecule has 0 bridgehead atoms. The lowest BCUT2D eigenvalue weighted by molar-refractivity contribution is 0.0690. The highest BCUT2D eigenvalue weighted by Crippen LogP contribution is 2.13. The number of pyridine rings is 1. The highest BCUT2D eigenvalue weighted by atomic mass is 19.1. The van der Waals surface area contributed by atoms with Gasteiger partial charge in [0, 0.05) is 0 Å². The topological polar surface area (TPSA) is 62.2 Å². The Bertz CT molecular complexity index is 572. The molecule has 1 aromatic heterocycles. The number of rotatable bonds is 4. The van der Waals surface area contributed by atoms with E-state index in [1.165, 1.54) is 12.1 Å². The molecule has 0 saturated carbocycles. The van der Waals surface area contributed by atoms with Crippen LogP contribution >= 0.6 is 0 Å². The molecule has 0 radical (unpaired) electrons. The van der Waals surface area contributed by atoms with Crippen molar-refractivity contribution in [2.24, 2.45) is 0 Å². The quantitative estimate of drug-likeness (QED) is 0.870. The monoisotopic (exact) mass is 246 g/mol. The molecule has 0 unspecified atom stereocenters. The second kappa shape index (κ2) is 5.27. The van der Waals surface area contributed by atoms with Gasteiger partial charge in [0.15, 0.2) is 0 Å². The smallest absolute Gasteiger partial charge is 0.354 e. The number of aromatic carboxylic acids is 1. The number of nitrogens with zero attached hydrogens (tertiary/aromatic N) is 1. The lowest BCUT2D eigenvalue weighted by atomic mass is 10.2. The predicted molar refractivity (Wildman–Crippen MR) is 64.9 cm³/mol. The van der Waals surface area contributed by atoms with Gasteiger partial charge in [0.1, 0.15) is 11.5 Å². The number of para-hydroxylation sites is 1. The summed E-state index contributed by atoms with van der Waals surface area (Å²) in [5.41, 5.74) is 0.876. The summed E-state index contributed by atoms with van der Waals surface area (Å²) in [6, 6.07) is 11.0. The van der Waals surface area contributed by atoms with Gasteiger partial charge in [0.05, 0.1) is 17.9 Å². The molecule has 1 aromatic carbocycles. The average molecular weight is 246 g/mol. The van der Waals surface area contributed by atoms with Crippen LogP contribution in [0.15, 0.2) is 42.5 Å². The highest BCUT2D eigenvalue weighted by molar-refractivity contribution is 5.85. The van der Waals surface area contributed by atoms with Crippen molar-refractivity contribution in [3.05, 3.63) is 59.7 Å². The van der Waals surface area contributed by atoms with E-state index in [-0.39, 0.29) is 18.1 Å². The molecule has 2 rings (SSSR count). The minimum atomic E-state index is -1.08. The minimum Gasteiger partial charge on any atom is -0.477 e. The molecule has 0 amide bonds. The number of carbonyl (C=O) groups is 1. The molecule has 0 spiro atoms. The third-order valence-corrected chi connectivity index (χ3v) is 2.36. The van der Waals surface area contributed by atoms with Crippen LogP contribution in [0.4, 0.5) is 10.1 Å². The Morgan fingerprint density at radius 2 is 2.00 bits per heavy atom. The van der Waals surface area contributed by atoms with Crippen LogP contribution in [0.3, 0.4) is 0 Å². The maximum atomic E-state index is 13.3. The van der Waals surface area contributed by atoms with E-state index in [2.05, 4.69) is 10.3 Å². The summed E-state index contributed by atoms with van der Waals surface area (Å²) in [5, 5.41) is 11.7. The van der Waals surface area contributed by atoms with E-state index >= 15 is 0 Å². The third-order valence-electron chi connectivity index (χ3n) is 2.36. The lowest BCUT2D eigenvalue weighted by Gasteiger charge is -2.07. The van der Waals surface area contributed by atoms with Crippen molar-refractivity contribution in [3.63, 3.8) is 0 Å². The molecule has 5 heteroatoms. The van der Waals surface area contributed by atoms with Crippen molar-refractivity contribution in [1.29, 1.82) is 0 Å². The van der Waals surface area contributed by atoms with Crippen LogP contribution < -0.4 is 5.32 Å². The molecule has 0 fully saturated rings. The van der Waals surface area contributed by atoms with Crippen molar-refractivity contribution in [2.75, 3.05) is 5.32 Å². The van der Waals surface area contributed by atoms with Crippen molar-refractivity contribution in [3.8, 4) is 0 Å². The Labute approximate surface area is 103 Å². The normalized spacial score (nSPS) is 10.1. The first-order chi connectivity index (χ1) is 8.66. The third kappa shape index (κ3) is 2.82. The first-order valence-corrected chi connectivity index (χ1v) is 5.34. The summed E-state index contributed by atoms with van der Waals surface area (Å²) in [6.07, 6.45) is 0. The summed E-state index contributed by atoms with van der Waals surface area (Å²) in [5.74, 6) is -1.44. The number of hydrogen-bond acceptors (Lipinski definition) is 3. The fourth-order valence-corrected chi connectivity index (χ4v) is 1.49. The predicted octanol–water partition coefficient (Wildman–Crippen LogP) is 2.53. The van der Waals surface area contributed by atoms with Crippen LogP contribution in [-0.4, -0.2) is 16.1 Å². The fraction of sp³-hybridized carbons (Fsp3) is 0.0769. The van der Waals surface area contributed by atoms with Gasteiger partial charge in [0.25, 0.3) is 0 Å². The number of halogens is 1. The molecular formula is C13H11FN2O2. The fourth-order valence-electron chi connectivity index (χ4n) is 1.49. The summed E-state index contributed by atoms with van der Waals surface area (Å²) >= 11 is 0. The average Bonchev–Trinajstić information content (AvgIpc) is 2.38. The van der Waals surface area contributed by atoms with Gasteiger partial charge in [-0.05, 0) is 24.3 Å². The van der Waals surface area contributed by atoms with Gasteiger partial charge in [-0.1, -0.05) is 18.2 Å². The molecule has 18 heavy (non-hydrogen) atoms. The number of hydrogen-bond donors (Lipinski definition) is 2. The van der Waals surface area contributed by atoms with Gasteiger partial charge in [-0.15, -0.1) is 0 Å². The van der Waals surface area contributed by atoms with Crippen LogP contribution in [0.2, 0.25) is 0 Å². The first-order valence-electron chi connectivity index (χ1n) is 5.34. The lowest BCUT2D eigenvalue weighted by Crippen LogP contribution is -2.07. The zero-order chi connectivity index (χ0) is 13.0. The Hall–Kier alpha value is -2.43. The molecule has 0 saturated heterocycles. The van der Waals surface area contributed by atoms with Gasteiger partial charge in [-0.3, -0.25) is 0 Å². The molecule has 92 valence electrons. The maximum Gasteiger partial charge on any atom is 0.354 e. The van der Waals surface area contributed by atoms with Gasteiger partial charge in [-0.2, -0.15) is 0 Å². The van der Waals surface area contributed by atoms with E-state index < -0.39 is 5.97 Å². The van der Waals surface area contributed by atoms with Crippen molar-refractivity contribution in [2.45, 2.75) is 6.54 Å². The van der Waals surface area contributed by atoms with Gasteiger partial charge in [-0.25, -0.2) is 14.2 Å². The summed E-state index contributed by atoms with van der Waals surface area (Å²) in [6.45, 7) is 0.266. The van der Waals surface area contributed by atoms with E-state index in [9.17, 15) is 9.18 Å². The van der Waals surface area contributed by atoms with E-state index in [1.54, 1.807) is 30.3 Å². The van der Waals surface area contributed by atoms with Crippen molar-refractivity contribution < 1.29 is 14.3 Å². The van der Waals surface area contributed by atoms with E-state index in [0.29, 0.717) is 11.4 Å². The number of carboxylic acid groups (broad SMARTS) is 1.